The Labute approximate surface area is 98.5 Å². The van der Waals surface area contributed by atoms with Crippen LogP contribution in [0, 0.1) is 0 Å². The number of rotatable bonds is 5. The molecule has 7 nitrogen and oxygen atoms in total. The van der Waals surface area contributed by atoms with Crippen molar-refractivity contribution in [3.05, 3.63) is 29.8 Å². The molecule has 0 unspecified atom stereocenters. The van der Waals surface area contributed by atoms with Crippen molar-refractivity contribution in [2.24, 2.45) is 5.84 Å². The number of nitrogens with two attached hydrogens (primary N) is 1. The zero-order valence-electron chi connectivity index (χ0n) is 9.34. The highest BCUT2D eigenvalue weighted by molar-refractivity contribution is 5.74. The molecule has 0 aliphatic heterocycles. The van der Waals surface area contributed by atoms with Crippen molar-refractivity contribution in [2.75, 3.05) is 7.11 Å². The largest absolute Gasteiger partial charge is 0.497 e. The summed E-state index contributed by atoms with van der Waals surface area (Å²) in [5, 5.41) is 1.05. The van der Waals surface area contributed by atoms with Gasteiger partial charge in [-0.2, -0.15) is 0 Å². The van der Waals surface area contributed by atoms with Crippen molar-refractivity contribution >= 4 is 12.4 Å². The molecule has 92 valence electrons. The first-order chi connectivity index (χ1) is 8.21. The molecule has 1 aromatic rings. The molecule has 0 saturated heterocycles. The van der Waals surface area contributed by atoms with Gasteiger partial charge in [0, 0.05) is 0 Å². The van der Waals surface area contributed by atoms with Gasteiger partial charge in [-0.3, -0.25) is 15.6 Å². The molecule has 7 heteroatoms. The Balaban J connectivity index is 2.71. The third kappa shape index (κ3) is 3.65. The smallest absolute Gasteiger partial charge is 0.350 e. The standard InChI is InChI=1S/C10H14N4O3/c1-17-9-4-2-8(3-5-9)6-14(12-7-15)10(16)13-11/h2-5,7H,6,11H2,1H3,(H,12,15)(H,13,16). The number of carbonyl (C=O) groups is 2. The van der Waals surface area contributed by atoms with Crippen molar-refractivity contribution in [2.45, 2.75) is 6.54 Å². The average molecular weight is 238 g/mol. The van der Waals surface area contributed by atoms with Gasteiger partial charge in [0.1, 0.15) is 5.75 Å². The molecule has 1 aromatic carbocycles. The molecule has 3 amide bonds. The summed E-state index contributed by atoms with van der Waals surface area (Å²) >= 11 is 0. The van der Waals surface area contributed by atoms with Crippen LogP contribution in [0.2, 0.25) is 0 Å². The van der Waals surface area contributed by atoms with Gasteiger partial charge in [-0.05, 0) is 17.7 Å². The van der Waals surface area contributed by atoms with Crippen molar-refractivity contribution in [3.8, 4) is 5.75 Å². The van der Waals surface area contributed by atoms with E-state index in [2.05, 4.69) is 5.43 Å². The summed E-state index contributed by atoms with van der Waals surface area (Å²) in [5.74, 6) is 5.70. The zero-order valence-corrected chi connectivity index (χ0v) is 9.34. The highest BCUT2D eigenvalue weighted by Gasteiger charge is 2.11. The number of methoxy groups -OCH3 is 1. The lowest BCUT2D eigenvalue weighted by Crippen LogP contribution is -2.49. The monoisotopic (exact) mass is 238 g/mol. The average Bonchev–Trinajstić information content (AvgIpc) is 2.38. The Hall–Kier alpha value is -2.28. The molecule has 0 aliphatic rings. The van der Waals surface area contributed by atoms with Gasteiger partial charge in [0.15, 0.2) is 0 Å². The van der Waals surface area contributed by atoms with Crippen LogP contribution in [0.15, 0.2) is 24.3 Å². The number of nitrogens with zero attached hydrogens (tertiary/aromatic N) is 1. The van der Waals surface area contributed by atoms with Gasteiger partial charge in [0.2, 0.25) is 6.41 Å². The Morgan fingerprint density at radius 2 is 2.12 bits per heavy atom. The van der Waals surface area contributed by atoms with E-state index in [1.54, 1.807) is 31.4 Å². The maximum absolute atomic E-state index is 11.3. The molecular weight excluding hydrogens is 224 g/mol. The topological polar surface area (TPSA) is 96.7 Å². The van der Waals surface area contributed by atoms with E-state index >= 15 is 0 Å². The normalized spacial score (nSPS) is 9.29. The second kappa shape index (κ2) is 6.33. The van der Waals surface area contributed by atoms with Crippen molar-refractivity contribution in [3.63, 3.8) is 0 Å². The summed E-state index contributed by atoms with van der Waals surface area (Å²) in [7, 11) is 1.57. The molecular formula is C10H14N4O3. The van der Waals surface area contributed by atoms with Crippen LogP contribution >= 0.6 is 0 Å². The molecule has 17 heavy (non-hydrogen) atoms. The number of nitrogens with one attached hydrogen (secondary N) is 2. The second-order valence-corrected chi connectivity index (χ2v) is 3.13. The highest BCUT2D eigenvalue weighted by Crippen LogP contribution is 2.12. The lowest BCUT2D eigenvalue weighted by molar-refractivity contribution is -0.112. The van der Waals surface area contributed by atoms with Gasteiger partial charge in [0.25, 0.3) is 0 Å². The van der Waals surface area contributed by atoms with E-state index in [0.29, 0.717) is 12.2 Å². The second-order valence-electron chi connectivity index (χ2n) is 3.13. The number of amides is 3. The van der Waals surface area contributed by atoms with E-state index in [4.69, 9.17) is 10.6 Å². The number of hydrazine groups is 2. The van der Waals surface area contributed by atoms with Crippen LogP contribution < -0.4 is 21.4 Å². The Morgan fingerprint density at radius 3 is 2.59 bits per heavy atom. The summed E-state index contributed by atoms with van der Waals surface area (Å²) in [6.07, 6.45) is 0.402. The zero-order chi connectivity index (χ0) is 12.7. The predicted molar refractivity (Wildman–Crippen MR) is 60.5 cm³/mol. The first kappa shape index (κ1) is 12.8. The SMILES string of the molecule is COc1ccc(CN(NC=O)C(=O)NN)cc1. The van der Waals surface area contributed by atoms with E-state index in [9.17, 15) is 9.59 Å². The summed E-state index contributed by atoms with van der Waals surface area (Å²) in [6, 6.07) is 6.47. The number of hydrogen-bond donors (Lipinski definition) is 3. The van der Waals surface area contributed by atoms with Crippen LogP contribution in [0.1, 0.15) is 5.56 Å². The maximum atomic E-state index is 11.3. The quantitative estimate of drug-likeness (QED) is 0.285. The van der Waals surface area contributed by atoms with Crippen molar-refractivity contribution < 1.29 is 14.3 Å². The maximum Gasteiger partial charge on any atom is 0.350 e. The highest BCUT2D eigenvalue weighted by atomic mass is 16.5. The first-order valence-corrected chi connectivity index (χ1v) is 4.82. The predicted octanol–water partition coefficient (Wildman–Crippen LogP) is -0.258. The minimum absolute atomic E-state index is 0.200. The number of urea groups is 1. The van der Waals surface area contributed by atoms with Crippen LogP contribution in [-0.4, -0.2) is 24.6 Å². The van der Waals surface area contributed by atoms with E-state index in [1.165, 1.54) is 0 Å². The van der Waals surface area contributed by atoms with Gasteiger partial charge in [-0.15, -0.1) is 0 Å². The van der Waals surface area contributed by atoms with Crippen LogP contribution in [0.5, 0.6) is 5.75 Å². The van der Waals surface area contributed by atoms with Gasteiger partial charge in [-0.1, -0.05) is 12.1 Å². The molecule has 0 radical (unpaired) electrons. The summed E-state index contributed by atoms with van der Waals surface area (Å²) < 4.78 is 5.01. The van der Waals surface area contributed by atoms with Crippen LogP contribution in [0.4, 0.5) is 4.79 Å². The third-order valence-electron chi connectivity index (χ3n) is 2.08. The molecule has 0 atom stereocenters. The van der Waals surface area contributed by atoms with Gasteiger partial charge in [-0.25, -0.2) is 15.6 Å². The number of benzene rings is 1. The van der Waals surface area contributed by atoms with Gasteiger partial charge < -0.3 is 4.74 Å². The Bertz CT molecular complexity index is 380. The molecule has 0 heterocycles. The fourth-order valence-corrected chi connectivity index (χ4v) is 1.23. The lowest BCUT2D eigenvalue weighted by Gasteiger charge is -2.20. The fraction of sp³-hybridized carbons (Fsp3) is 0.200. The summed E-state index contributed by atoms with van der Waals surface area (Å²) in [6.45, 7) is 0.200. The van der Waals surface area contributed by atoms with E-state index in [-0.39, 0.29) is 6.54 Å². The van der Waals surface area contributed by atoms with E-state index in [0.717, 1.165) is 10.6 Å². The molecule has 0 aromatic heterocycles. The van der Waals surface area contributed by atoms with Crippen LogP contribution in [-0.2, 0) is 11.3 Å². The molecule has 0 spiro atoms. The molecule has 1 rings (SSSR count). The Morgan fingerprint density at radius 1 is 1.47 bits per heavy atom. The minimum atomic E-state index is -0.604. The number of carbonyl (C=O) groups excluding carboxylic acids is 2. The molecule has 4 N–H and O–H groups in total. The van der Waals surface area contributed by atoms with E-state index in [1.807, 2.05) is 5.43 Å². The number of hydrogen-bond acceptors (Lipinski definition) is 4. The summed E-state index contributed by atoms with van der Waals surface area (Å²) in [4.78, 5) is 21.6. The fourth-order valence-electron chi connectivity index (χ4n) is 1.23. The van der Waals surface area contributed by atoms with E-state index < -0.39 is 6.03 Å². The van der Waals surface area contributed by atoms with Crippen LogP contribution in [0.25, 0.3) is 0 Å². The van der Waals surface area contributed by atoms with Crippen molar-refractivity contribution in [1.29, 1.82) is 0 Å². The van der Waals surface area contributed by atoms with Gasteiger partial charge >= 0.3 is 6.03 Å². The molecule has 0 bridgehead atoms. The minimum Gasteiger partial charge on any atom is -0.497 e. The van der Waals surface area contributed by atoms with Crippen LogP contribution in [0.3, 0.4) is 0 Å². The molecule has 0 aliphatic carbocycles. The van der Waals surface area contributed by atoms with Gasteiger partial charge in [0.05, 0.1) is 13.7 Å². The van der Waals surface area contributed by atoms with Crippen molar-refractivity contribution in [1.82, 2.24) is 15.9 Å². The molecule has 0 fully saturated rings. The Kier molecular flexibility index (Phi) is 4.77. The first-order valence-electron chi connectivity index (χ1n) is 4.82. The third-order valence-corrected chi connectivity index (χ3v) is 2.08. The summed E-state index contributed by atoms with van der Waals surface area (Å²) in [5.41, 5.74) is 5.00. The lowest BCUT2D eigenvalue weighted by atomic mass is 10.2. The molecule has 0 saturated carbocycles. The number of ether oxygens (including phenoxy) is 1.